The van der Waals surface area contributed by atoms with Gasteiger partial charge in [-0.25, -0.2) is 9.97 Å². The quantitative estimate of drug-likeness (QED) is 0.910. The van der Waals surface area contributed by atoms with Crippen LogP contribution in [0.15, 0.2) is 12.5 Å². The zero-order chi connectivity index (χ0) is 15.0. The number of rotatable bonds is 3. The minimum atomic E-state index is 0.276. The number of fused-ring (bicyclic) bond motifs is 1. The number of aryl methyl sites for hydroxylation is 1. The molecule has 0 aliphatic heterocycles. The highest BCUT2D eigenvalue weighted by molar-refractivity contribution is 6.35. The molecule has 1 unspecified atom stereocenters. The van der Waals surface area contributed by atoms with Crippen molar-refractivity contribution in [3.63, 3.8) is 0 Å². The van der Waals surface area contributed by atoms with E-state index in [1.807, 2.05) is 6.20 Å². The van der Waals surface area contributed by atoms with Crippen LogP contribution in [0.25, 0.3) is 0 Å². The molecule has 0 saturated carbocycles. The average Bonchev–Trinajstić information content (AvgIpc) is 2.87. The summed E-state index contributed by atoms with van der Waals surface area (Å²) in [5.74, 6) is 0.908. The Morgan fingerprint density at radius 1 is 1.43 bits per heavy atom. The summed E-state index contributed by atoms with van der Waals surface area (Å²) >= 11 is 6.14. The first-order chi connectivity index (χ1) is 10.1. The second-order valence-electron chi connectivity index (χ2n) is 5.66. The smallest absolute Gasteiger partial charge is 0.150 e. The number of hydrogen-bond donors (Lipinski definition) is 2. The summed E-state index contributed by atoms with van der Waals surface area (Å²) in [6.45, 7) is 4.29. The first-order valence-electron chi connectivity index (χ1n) is 7.14. The number of nitrogens with one attached hydrogen (secondary N) is 1. The zero-order valence-electron chi connectivity index (χ0n) is 12.2. The molecule has 2 aromatic heterocycles. The molecule has 0 radical (unpaired) electrons. The number of anilines is 2. The lowest BCUT2D eigenvalue weighted by atomic mass is 9.93. The number of halogens is 1. The van der Waals surface area contributed by atoms with Crippen LogP contribution in [0.2, 0.25) is 5.02 Å². The summed E-state index contributed by atoms with van der Waals surface area (Å²) in [6, 6.07) is 0.643. The lowest BCUT2D eigenvalue weighted by Crippen LogP contribution is -2.29. The monoisotopic (exact) mass is 306 g/mol. The van der Waals surface area contributed by atoms with Crippen molar-refractivity contribution in [3.05, 3.63) is 28.8 Å². The molecule has 0 fully saturated rings. The second-order valence-corrected chi connectivity index (χ2v) is 6.04. The first-order valence-corrected chi connectivity index (χ1v) is 7.51. The molecule has 1 aliphatic rings. The SMILES string of the molecule is CC(C)n1ncc2c1CC(Nc1ncnc(N)c1Cl)CC2. The third kappa shape index (κ3) is 2.68. The van der Waals surface area contributed by atoms with Gasteiger partial charge in [0, 0.05) is 24.2 Å². The van der Waals surface area contributed by atoms with Crippen molar-refractivity contribution in [3.8, 4) is 0 Å². The zero-order valence-corrected chi connectivity index (χ0v) is 12.9. The fraction of sp³-hybridized carbons (Fsp3) is 0.500. The van der Waals surface area contributed by atoms with E-state index in [4.69, 9.17) is 17.3 Å². The predicted octanol–water partition coefficient (Wildman–Crippen LogP) is 2.46. The summed E-state index contributed by atoms with van der Waals surface area (Å²) in [5.41, 5.74) is 8.35. The van der Waals surface area contributed by atoms with Crippen molar-refractivity contribution in [2.24, 2.45) is 0 Å². The van der Waals surface area contributed by atoms with Gasteiger partial charge < -0.3 is 11.1 Å². The van der Waals surface area contributed by atoms with Crippen molar-refractivity contribution in [1.29, 1.82) is 0 Å². The number of aromatic nitrogens is 4. The molecule has 2 aromatic rings. The molecular formula is C14H19ClN6. The van der Waals surface area contributed by atoms with Crippen molar-refractivity contribution < 1.29 is 0 Å². The minimum absolute atomic E-state index is 0.276. The van der Waals surface area contributed by atoms with Gasteiger partial charge in [0.05, 0.1) is 6.20 Å². The summed E-state index contributed by atoms with van der Waals surface area (Å²) in [7, 11) is 0. The molecule has 0 saturated heterocycles. The summed E-state index contributed by atoms with van der Waals surface area (Å²) in [6.07, 6.45) is 6.36. The molecule has 2 heterocycles. The van der Waals surface area contributed by atoms with Gasteiger partial charge in [0.1, 0.15) is 17.2 Å². The second kappa shape index (κ2) is 5.52. The predicted molar refractivity (Wildman–Crippen MR) is 83.5 cm³/mol. The third-order valence-corrected chi connectivity index (χ3v) is 4.21. The molecule has 0 spiro atoms. The molecular weight excluding hydrogens is 288 g/mol. The Hall–Kier alpha value is -1.82. The Balaban J connectivity index is 1.80. The highest BCUT2D eigenvalue weighted by Gasteiger charge is 2.24. The van der Waals surface area contributed by atoms with Gasteiger partial charge in [0.25, 0.3) is 0 Å². The van der Waals surface area contributed by atoms with Crippen LogP contribution in [-0.4, -0.2) is 25.8 Å². The van der Waals surface area contributed by atoms with Crippen molar-refractivity contribution >= 4 is 23.2 Å². The molecule has 112 valence electrons. The van der Waals surface area contributed by atoms with Gasteiger partial charge in [0.15, 0.2) is 5.82 Å². The molecule has 0 bridgehead atoms. The fourth-order valence-corrected chi connectivity index (χ4v) is 2.92. The van der Waals surface area contributed by atoms with Gasteiger partial charge >= 0.3 is 0 Å². The highest BCUT2D eigenvalue weighted by Crippen LogP contribution is 2.28. The Labute approximate surface area is 128 Å². The maximum Gasteiger partial charge on any atom is 0.150 e. The van der Waals surface area contributed by atoms with E-state index in [1.54, 1.807) is 0 Å². The summed E-state index contributed by atoms with van der Waals surface area (Å²) in [4.78, 5) is 8.06. The fourth-order valence-electron chi connectivity index (χ4n) is 2.77. The first kappa shape index (κ1) is 14.1. The molecule has 7 heteroatoms. The van der Waals surface area contributed by atoms with Gasteiger partial charge in [-0.05, 0) is 32.3 Å². The molecule has 1 atom stereocenters. The van der Waals surface area contributed by atoms with E-state index in [1.165, 1.54) is 17.6 Å². The molecule has 0 aromatic carbocycles. The van der Waals surface area contributed by atoms with Gasteiger partial charge in [-0.1, -0.05) is 11.6 Å². The van der Waals surface area contributed by atoms with Crippen LogP contribution in [0, 0.1) is 0 Å². The van der Waals surface area contributed by atoms with Crippen LogP contribution in [0.3, 0.4) is 0 Å². The highest BCUT2D eigenvalue weighted by atomic mass is 35.5. The van der Waals surface area contributed by atoms with E-state index in [9.17, 15) is 0 Å². The molecule has 3 rings (SSSR count). The standard InChI is InChI=1S/C14H19ClN6/c1-8(2)21-11-5-10(4-3-9(11)6-19-21)20-14-12(15)13(16)17-7-18-14/h6-8,10H,3-5H2,1-2H3,(H3,16,17,18,20). The van der Waals surface area contributed by atoms with Gasteiger partial charge in [-0.3, -0.25) is 4.68 Å². The topological polar surface area (TPSA) is 81.7 Å². The minimum Gasteiger partial charge on any atom is -0.382 e. The molecule has 0 amide bonds. The Bertz CT molecular complexity index is 651. The molecule has 3 N–H and O–H groups in total. The van der Waals surface area contributed by atoms with Gasteiger partial charge in [-0.2, -0.15) is 5.10 Å². The lowest BCUT2D eigenvalue weighted by molar-refractivity contribution is 0.484. The van der Waals surface area contributed by atoms with Crippen molar-refractivity contribution in [2.75, 3.05) is 11.1 Å². The number of nitrogens with zero attached hydrogens (tertiary/aromatic N) is 4. The van der Waals surface area contributed by atoms with E-state index < -0.39 is 0 Å². The van der Waals surface area contributed by atoms with E-state index in [-0.39, 0.29) is 6.04 Å². The molecule has 21 heavy (non-hydrogen) atoms. The summed E-state index contributed by atoms with van der Waals surface area (Å²) in [5, 5.41) is 8.26. The molecule has 6 nitrogen and oxygen atoms in total. The Morgan fingerprint density at radius 3 is 3.00 bits per heavy atom. The Kier molecular flexibility index (Phi) is 3.71. The van der Waals surface area contributed by atoms with Crippen molar-refractivity contribution in [1.82, 2.24) is 19.7 Å². The van der Waals surface area contributed by atoms with Crippen molar-refractivity contribution in [2.45, 2.75) is 45.2 Å². The third-order valence-electron chi connectivity index (χ3n) is 3.83. The number of nitrogen functional groups attached to an aromatic ring is 1. The van der Waals surface area contributed by atoms with E-state index >= 15 is 0 Å². The van der Waals surface area contributed by atoms with Crippen LogP contribution in [0.4, 0.5) is 11.6 Å². The Morgan fingerprint density at radius 2 is 2.24 bits per heavy atom. The van der Waals surface area contributed by atoms with Crippen LogP contribution in [0.5, 0.6) is 0 Å². The molecule has 1 aliphatic carbocycles. The van der Waals surface area contributed by atoms with E-state index in [2.05, 4.69) is 38.9 Å². The average molecular weight is 307 g/mol. The normalized spacial score (nSPS) is 17.8. The van der Waals surface area contributed by atoms with E-state index in [0.717, 1.165) is 19.3 Å². The van der Waals surface area contributed by atoms with Gasteiger partial charge in [-0.15, -0.1) is 0 Å². The maximum atomic E-state index is 6.14. The largest absolute Gasteiger partial charge is 0.382 e. The van der Waals surface area contributed by atoms with Crippen LogP contribution < -0.4 is 11.1 Å². The lowest BCUT2D eigenvalue weighted by Gasteiger charge is -2.26. The maximum absolute atomic E-state index is 6.14. The van der Waals surface area contributed by atoms with Crippen LogP contribution >= 0.6 is 11.6 Å². The summed E-state index contributed by atoms with van der Waals surface area (Å²) < 4.78 is 2.10. The van der Waals surface area contributed by atoms with E-state index in [0.29, 0.717) is 22.7 Å². The number of hydrogen-bond acceptors (Lipinski definition) is 5. The number of nitrogens with two attached hydrogens (primary N) is 1. The van der Waals surface area contributed by atoms with Crippen LogP contribution in [-0.2, 0) is 12.8 Å². The van der Waals surface area contributed by atoms with Gasteiger partial charge in [0.2, 0.25) is 0 Å². The van der Waals surface area contributed by atoms with Crippen LogP contribution in [0.1, 0.15) is 37.6 Å².